The van der Waals surface area contributed by atoms with Gasteiger partial charge in [0.15, 0.2) is 0 Å². The molecule has 126 valence electrons. The molecule has 1 unspecified atom stereocenters. The first kappa shape index (κ1) is 20.3. The van der Waals surface area contributed by atoms with Crippen molar-refractivity contribution >= 4 is 5.97 Å². The van der Waals surface area contributed by atoms with Crippen LogP contribution in [0.3, 0.4) is 0 Å². The number of carbonyl (C=O) groups is 1. The van der Waals surface area contributed by atoms with Gasteiger partial charge in [0.05, 0.1) is 5.92 Å². The standard InChI is InChI=1S/C16H32O5/c1-6-7-8-9-10-11-12-15(13-21-14(2)17)16(18-3,19-4)20-5/h15H,6-13H2,1-5H3. The third-order valence-electron chi connectivity index (χ3n) is 3.75. The van der Waals surface area contributed by atoms with Crippen LogP contribution in [0.1, 0.15) is 58.8 Å². The van der Waals surface area contributed by atoms with E-state index in [1.807, 2.05) is 0 Å². The van der Waals surface area contributed by atoms with E-state index in [0.717, 1.165) is 19.3 Å². The second-order valence-corrected chi connectivity index (χ2v) is 5.27. The fourth-order valence-electron chi connectivity index (χ4n) is 2.50. The predicted molar refractivity (Wildman–Crippen MR) is 81.9 cm³/mol. The molecule has 0 aliphatic rings. The van der Waals surface area contributed by atoms with Crippen LogP contribution < -0.4 is 0 Å². The Morgan fingerprint density at radius 2 is 1.48 bits per heavy atom. The van der Waals surface area contributed by atoms with Crippen molar-refractivity contribution in [3.8, 4) is 0 Å². The molecule has 0 aliphatic carbocycles. The summed E-state index contributed by atoms with van der Waals surface area (Å²) in [7, 11) is 4.61. The van der Waals surface area contributed by atoms with Gasteiger partial charge in [0.2, 0.25) is 0 Å². The Labute approximate surface area is 129 Å². The van der Waals surface area contributed by atoms with Crippen LogP contribution in [0.15, 0.2) is 0 Å². The van der Waals surface area contributed by atoms with Crippen molar-refractivity contribution in [3.63, 3.8) is 0 Å². The summed E-state index contributed by atoms with van der Waals surface area (Å²) in [5.41, 5.74) is 0. The summed E-state index contributed by atoms with van der Waals surface area (Å²) in [5, 5.41) is 0. The fraction of sp³-hybridized carbons (Fsp3) is 0.938. The summed E-state index contributed by atoms with van der Waals surface area (Å²) >= 11 is 0. The lowest BCUT2D eigenvalue weighted by Gasteiger charge is -2.36. The molecule has 0 rings (SSSR count). The number of esters is 1. The van der Waals surface area contributed by atoms with Gasteiger partial charge in [-0.15, -0.1) is 0 Å². The highest BCUT2D eigenvalue weighted by atomic mass is 16.9. The summed E-state index contributed by atoms with van der Waals surface area (Å²) in [5.74, 6) is -1.61. The zero-order valence-electron chi connectivity index (χ0n) is 14.3. The molecule has 0 aromatic carbocycles. The Morgan fingerprint density at radius 1 is 0.952 bits per heavy atom. The molecule has 0 aliphatic heterocycles. The van der Waals surface area contributed by atoms with Crippen LogP contribution >= 0.6 is 0 Å². The van der Waals surface area contributed by atoms with Crippen molar-refractivity contribution in [2.45, 2.75) is 64.8 Å². The molecule has 0 spiro atoms. The van der Waals surface area contributed by atoms with Gasteiger partial charge in [-0.2, -0.15) is 0 Å². The Kier molecular flexibility index (Phi) is 11.6. The molecule has 0 bridgehead atoms. The minimum absolute atomic E-state index is 0.146. The fourth-order valence-corrected chi connectivity index (χ4v) is 2.50. The maximum atomic E-state index is 11.0. The lowest BCUT2D eigenvalue weighted by atomic mass is 9.98. The van der Waals surface area contributed by atoms with Crippen LogP contribution in [0.25, 0.3) is 0 Å². The highest BCUT2D eigenvalue weighted by molar-refractivity contribution is 5.65. The second kappa shape index (κ2) is 12.0. The summed E-state index contributed by atoms with van der Waals surface area (Å²) < 4.78 is 21.3. The minimum Gasteiger partial charge on any atom is -0.465 e. The van der Waals surface area contributed by atoms with E-state index in [-0.39, 0.29) is 18.5 Å². The Hall–Kier alpha value is -0.650. The third kappa shape index (κ3) is 7.79. The van der Waals surface area contributed by atoms with Gasteiger partial charge in [-0.3, -0.25) is 4.79 Å². The Balaban J connectivity index is 4.41. The molecule has 5 nitrogen and oxygen atoms in total. The van der Waals surface area contributed by atoms with Gasteiger partial charge < -0.3 is 18.9 Å². The van der Waals surface area contributed by atoms with Crippen molar-refractivity contribution < 1.29 is 23.7 Å². The molecule has 5 heteroatoms. The smallest absolute Gasteiger partial charge is 0.302 e. The maximum Gasteiger partial charge on any atom is 0.302 e. The number of hydrogen-bond acceptors (Lipinski definition) is 5. The minimum atomic E-state index is -1.15. The second-order valence-electron chi connectivity index (χ2n) is 5.27. The van der Waals surface area contributed by atoms with E-state index >= 15 is 0 Å². The molecule has 0 heterocycles. The van der Waals surface area contributed by atoms with Crippen LogP contribution in [-0.4, -0.2) is 39.9 Å². The molecule has 0 aromatic heterocycles. The molecule has 0 saturated heterocycles. The molecule has 0 saturated carbocycles. The van der Waals surface area contributed by atoms with E-state index < -0.39 is 5.97 Å². The van der Waals surface area contributed by atoms with E-state index in [4.69, 9.17) is 18.9 Å². The highest BCUT2D eigenvalue weighted by Crippen LogP contribution is 2.29. The molecule has 0 N–H and O–H groups in total. The van der Waals surface area contributed by atoms with E-state index in [1.165, 1.54) is 53.9 Å². The highest BCUT2D eigenvalue weighted by Gasteiger charge is 2.40. The number of carbonyl (C=O) groups excluding carboxylic acids is 1. The molecule has 0 radical (unpaired) electrons. The normalized spacial score (nSPS) is 13.2. The first-order valence-corrected chi connectivity index (χ1v) is 7.85. The zero-order valence-corrected chi connectivity index (χ0v) is 14.3. The first-order chi connectivity index (χ1) is 10.1. The number of methoxy groups -OCH3 is 3. The quantitative estimate of drug-likeness (QED) is 0.296. The van der Waals surface area contributed by atoms with Crippen LogP contribution in [0, 0.1) is 5.92 Å². The largest absolute Gasteiger partial charge is 0.465 e. The van der Waals surface area contributed by atoms with Crippen molar-refractivity contribution in [2.75, 3.05) is 27.9 Å². The monoisotopic (exact) mass is 304 g/mol. The van der Waals surface area contributed by atoms with Crippen LogP contribution in [-0.2, 0) is 23.7 Å². The third-order valence-corrected chi connectivity index (χ3v) is 3.75. The molecule has 0 fully saturated rings. The summed E-state index contributed by atoms with van der Waals surface area (Å²) in [6.45, 7) is 3.84. The van der Waals surface area contributed by atoms with Gasteiger partial charge in [-0.1, -0.05) is 45.4 Å². The number of ether oxygens (including phenoxy) is 4. The van der Waals surface area contributed by atoms with E-state index in [2.05, 4.69) is 6.92 Å². The Morgan fingerprint density at radius 3 is 1.95 bits per heavy atom. The molecular weight excluding hydrogens is 272 g/mol. The maximum absolute atomic E-state index is 11.0. The van der Waals surface area contributed by atoms with Gasteiger partial charge in [-0.05, 0) is 6.42 Å². The van der Waals surface area contributed by atoms with Crippen molar-refractivity contribution in [3.05, 3.63) is 0 Å². The molecule has 0 amide bonds. The van der Waals surface area contributed by atoms with Gasteiger partial charge in [-0.25, -0.2) is 0 Å². The zero-order chi connectivity index (χ0) is 16.1. The topological polar surface area (TPSA) is 54.0 Å². The summed E-state index contributed by atoms with van der Waals surface area (Å²) in [4.78, 5) is 11.0. The van der Waals surface area contributed by atoms with Gasteiger partial charge in [0.25, 0.3) is 5.97 Å². The van der Waals surface area contributed by atoms with Crippen LogP contribution in [0.2, 0.25) is 0 Å². The van der Waals surface area contributed by atoms with Gasteiger partial charge in [0.1, 0.15) is 6.61 Å². The first-order valence-electron chi connectivity index (χ1n) is 7.85. The number of rotatable bonds is 13. The van der Waals surface area contributed by atoms with E-state index in [0.29, 0.717) is 0 Å². The van der Waals surface area contributed by atoms with E-state index in [9.17, 15) is 4.79 Å². The lowest BCUT2D eigenvalue weighted by Crippen LogP contribution is -2.46. The lowest BCUT2D eigenvalue weighted by molar-refractivity contribution is -0.382. The molecule has 21 heavy (non-hydrogen) atoms. The average molecular weight is 304 g/mol. The molecular formula is C16H32O5. The summed E-state index contributed by atoms with van der Waals surface area (Å²) in [6.07, 6.45) is 8.06. The van der Waals surface area contributed by atoms with Crippen LogP contribution in [0.5, 0.6) is 0 Å². The Bertz CT molecular complexity index is 255. The van der Waals surface area contributed by atoms with Crippen molar-refractivity contribution in [2.24, 2.45) is 5.92 Å². The molecule has 0 aromatic rings. The van der Waals surface area contributed by atoms with Crippen molar-refractivity contribution in [1.82, 2.24) is 0 Å². The average Bonchev–Trinajstić information content (AvgIpc) is 2.49. The number of hydrogen-bond donors (Lipinski definition) is 0. The van der Waals surface area contributed by atoms with Crippen molar-refractivity contribution in [1.29, 1.82) is 0 Å². The SMILES string of the molecule is CCCCCCCCC(COC(C)=O)C(OC)(OC)OC. The number of unbranched alkanes of at least 4 members (excludes halogenated alkanes) is 5. The van der Waals surface area contributed by atoms with Crippen LogP contribution in [0.4, 0.5) is 0 Å². The molecule has 1 atom stereocenters. The predicted octanol–water partition coefficient (Wildman–Crippen LogP) is 3.51. The van der Waals surface area contributed by atoms with Gasteiger partial charge in [0, 0.05) is 28.3 Å². The van der Waals surface area contributed by atoms with E-state index in [1.54, 1.807) is 0 Å². The van der Waals surface area contributed by atoms with Gasteiger partial charge >= 0.3 is 5.97 Å². The summed E-state index contributed by atoms with van der Waals surface area (Å²) in [6, 6.07) is 0.